The number of benzene rings is 1. The highest BCUT2D eigenvalue weighted by atomic mass is 16.5. The summed E-state index contributed by atoms with van der Waals surface area (Å²) in [5, 5.41) is 3.30. The molecule has 0 spiro atoms. The van der Waals surface area contributed by atoms with Crippen LogP contribution in [0.4, 0.5) is 5.69 Å². The van der Waals surface area contributed by atoms with Crippen LogP contribution in [0, 0.1) is 0 Å². The lowest BCUT2D eigenvalue weighted by atomic mass is 10.3. The van der Waals surface area contributed by atoms with Crippen LogP contribution in [0.3, 0.4) is 0 Å². The Hall–Kier alpha value is -1.06. The monoisotopic (exact) mass is 207 g/mol. The van der Waals surface area contributed by atoms with Crippen molar-refractivity contribution in [2.75, 3.05) is 31.7 Å². The Kier molecular flexibility index (Phi) is 4.00. The predicted molar refractivity (Wildman–Crippen MR) is 60.1 cm³/mol. The Bertz CT molecular complexity index is 270. The van der Waals surface area contributed by atoms with E-state index in [0.29, 0.717) is 6.10 Å². The zero-order valence-corrected chi connectivity index (χ0v) is 8.82. The number of anilines is 1. The van der Waals surface area contributed by atoms with Crippen molar-refractivity contribution in [2.24, 2.45) is 0 Å². The van der Waals surface area contributed by atoms with E-state index < -0.39 is 0 Å². The molecule has 0 aliphatic carbocycles. The Labute approximate surface area is 90.4 Å². The van der Waals surface area contributed by atoms with Crippen molar-refractivity contribution in [2.45, 2.75) is 12.5 Å². The van der Waals surface area contributed by atoms with Gasteiger partial charge in [0, 0.05) is 18.8 Å². The van der Waals surface area contributed by atoms with Crippen LogP contribution in [0.25, 0.3) is 0 Å². The maximum absolute atomic E-state index is 5.64. The molecule has 1 heterocycles. The molecule has 82 valence electrons. The van der Waals surface area contributed by atoms with Crippen molar-refractivity contribution in [1.29, 1.82) is 0 Å². The normalized spacial score (nSPS) is 20.4. The van der Waals surface area contributed by atoms with E-state index in [1.807, 2.05) is 18.2 Å². The number of para-hydroxylation sites is 1. The van der Waals surface area contributed by atoms with Crippen LogP contribution >= 0.6 is 0 Å². The lowest BCUT2D eigenvalue weighted by Crippen LogP contribution is -2.17. The third kappa shape index (κ3) is 3.53. The molecule has 0 aromatic heterocycles. The van der Waals surface area contributed by atoms with E-state index in [9.17, 15) is 0 Å². The van der Waals surface area contributed by atoms with Crippen molar-refractivity contribution in [3.63, 3.8) is 0 Å². The first-order chi connectivity index (χ1) is 7.45. The number of ether oxygens (including phenoxy) is 2. The zero-order valence-electron chi connectivity index (χ0n) is 8.82. The minimum atomic E-state index is 0.308. The molecule has 15 heavy (non-hydrogen) atoms. The van der Waals surface area contributed by atoms with E-state index in [2.05, 4.69) is 17.4 Å². The van der Waals surface area contributed by atoms with Crippen LogP contribution in [0.1, 0.15) is 6.42 Å². The first-order valence-electron chi connectivity index (χ1n) is 5.43. The van der Waals surface area contributed by atoms with Gasteiger partial charge in [-0.3, -0.25) is 0 Å². The van der Waals surface area contributed by atoms with Gasteiger partial charge in [0.25, 0.3) is 0 Å². The Morgan fingerprint density at radius 3 is 2.93 bits per heavy atom. The van der Waals surface area contributed by atoms with Crippen molar-refractivity contribution in [3.05, 3.63) is 30.3 Å². The van der Waals surface area contributed by atoms with Gasteiger partial charge in [0.2, 0.25) is 0 Å². The van der Waals surface area contributed by atoms with Gasteiger partial charge in [-0.1, -0.05) is 18.2 Å². The number of hydrogen-bond donors (Lipinski definition) is 1. The van der Waals surface area contributed by atoms with E-state index in [1.54, 1.807) is 0 Å². The molecule has 1 aromatic rings. The molecule has 1 aliphatic heterocycles. The van der Waals surface area contributed by atoms with Gasteiger partial charge in [0.15, 0.2) is 0 Å². The first kappa shape index (κ1) is 10.5. The Morgan fingerprint density at radius 2 is 2.20 bits per heavy atom. The molecule has 1 atom stereocenters. The van der Waals surface area contributed by atoms with E-state index in [4.69, 9.17) is 9.47 Å². The highest BCUT2D eigenvalue weighted by Gasteiger charge is 2.15. The van der Waals surface area contributed by atoms with E-state index in [1.165, 1.54) is 0 Å². The molecule has 1 N–H and O–H groups in total. The fourth-order valence-corrected chi connectivity index (χ4v) is 1.62. The second-order valence-corrected chi connectivity index (χ2v) is 3.65. The van der Waals surface area contributed by atoms with Crippen molar-refractivity contribution in [1.82, 2.24) is 0 Å². The minimum absolute atomic E-state index is 0.308. The number of nitrogens with one attached hydrogen (secondary N) is 1. The highest BCUT2D eigenvalue weighted by molar-refractivity contribution is 5.42. The fraction of sp³-hybridized carbons (Fsp3) is 0.500. The third-order valence-corrected chi connectivity index (χ3v) is 2.45. The summed E-state index contributed by atoms with van der Waals surface area (Å²) in [4.78, 5) is 0. The lowest BCUT2D eigenvalue weighted by molar-refractivity contribution is 0.0489. The summed E-state index contributed by atoms with van der Waals surface area (Å²) in [5.41, 5.74) is 1.14. The summed E-state index contributed by atoms with van der Waals surface area (Å²) >= 11 is 0. The SMILES string of the molecule is c1ccc(NCCOC2CCOC2)cc1. The van der Waals surface area contributed by atoms with Gasteiger partial charge in [-0.2, -0.15) is 0 Å². The summed E-state index contributed by atoms with van der Waals surface area (Å²) in [6.07, 6.45) is 1.34. The minimum Gasteiger partial charge on any atom is -0.383 e. The summed E-state index contributed by atoms with van der Waals surface area (Å²) in [6.45, 7) is 3.19. The standard InChI is InChI=1S/C12H17NO2/c1-2-4-11(5-3-1)13-7-9-15-12-6-8-14-10-12/h1-5,12-13H,6-10H2. The number of rotatable bonds is 5. The third-order valence-electron chi connectivity index (χ3n) is 2.45. The molecule has 1 aromatic carbocycles. The largest absolute Gasteiger partial charge is 0.383 e. The van der Waals surface area contributed by atoms with Gasteiger partial charge in [-0.25, -0.2) is 0 Å². The van der Waals surface area contributed by atoms with Crippen LogP contribution in [0.5, 0.6) is 0 Å². The van der Waals surface area contributed by atoms with Crippen molar-refractivity contribution in [3.8, 4) is 0 Å². The molecule has 1 fully saturated rings. The van der Waals surface area contributed by atoms with E-state index >= 15 is 0 Å². The van der Waals surface area contributed by atoms with Gasteiger partial charge >= 0.3 is 0 Å². The highest BCUT2D eigenvalue weighted by Crippen LogP contribution is 2.08. The zero-order chi connectivity index (χ0) is 10.3. The molecule has 2 rings (SSSR count). The molecule has 1 saturated heterocycles. The lowest BCUT2D eigenvalue weighted by Gasteiger charge is -2.10. The molecule has 0 bridgehead atoms. The second kappa shape index (κ2) is 5.73. The summed E-state index contributed by atoms with van der Waals surface area (Å²) in [6, 6.07) is 10.2. The average molecular weight is 207 g/mol. The number of hydrogen-bond acceptors (Lipinski definition) is 3. The maximum Gasteiger partial charge on any atom is 0.0831 e. The van der Waals surface area contributed by atoms with Gasteiger partial charge in [0.1, 0.15) is 0 Å². The van der Waals surface area contributed by atoms with Crippen LogP contribution in [-0.2, 0) is 9.47 Å². The second-order valence-electron chi connectivity index (χ2n) is 3.65. The molecular weight excluding hydrogens is 190 g/mol. The van der Waals surface area contributed by atoms with Crippen molar-refractivity contribution >= 4 is 5.69 Å². The smallest absolute Gasteiger partial charge is 0.0831 e. The van der Waals surface area contributed by atoms with E-state index in [0.717, 1.165) is 38.5 Å². The van der Waals surface area contributed by atoms with Crippen LogP contribution in [0.2, 0.25) is 0 Å². The molecule has 3 heteroatoms. The van der Waals surface area contributed by atoms with Gasteiger partial charge < -0.3 is 14.8 Å². The first-order valence-corrected chi connectivity index (χ1v) is 5.43. The van der Waals surface area contributed by atoms with Crippen LogP contribution < -0.4 is 5.32 Å². The summed E-state index contributed by atoms with van der Waals surface area (Å²) in [7, 11) is 0. The van der Waals surface area contributed by atoms with Crippen LogP contribution in [0.15, 0.2) is 30.3 Å². The average Bonchev–Trinajstić information content (AvgIpc) is 2.79. The fourth-order valence-electron chi connectivity index (χ4n) is 1.62. The molecular formula is C12H17NO2. The maximum atomic E-state index is 5.64. The molecule has 3 nitrogen and oxygen atoms in total. The van der Waals surface area contributed by atoms with Gasteiger partial charge in [-0.05, 0) is 18.6 Å². The Balaban J connectivity index is 1.59. The van der Waals surface area contributed by atoms with Crippen LogP contribution in [-0.4, -0.2) is 32.5 Å². The van der Waals surface area contributed by atoms with E-state index in [-0.39, 0.29) is 0 Å². The molecule has 0 saturated carbocycles. The molecule has 0 amide bonds. The molecule has 1 unspecified atom stereocenters. The molecule has 1 aliphatic rings. The summed E-state index contributed by atoms with van der Waals surface area (Å²) in [5.74, 6) is 0. The van der Waals surface area contributed by atoms with Gasteiger partial charge in [-0.15, -0.1) is 0 Å². The predicted octanol–water partition coefficient (Wildman–Crippen LogP) is 1.90. The van der Waals surface area contributed by atoms with Gasteiger partial charge in [0.05, 0.1) is 19.3 Å². The Morgan fingerprint density at radius 1 is 1.33 bits per heavy atom. The summed E-state index contributed by atoms with van der Waals surface area (Å²) < 4.78 is 10.9. The topological polar surface area (TPSA) is 30.5 Å². The molecule has 0 radical (unpaired) electrons. The van der Waals surface area contributed by atoms with Crippen molar-refractivity contribution < 1.29 is 9.47 Å². The quantitative estimate of drug-likeness (QED) is 0.748.